The van der Waals surface area contributed by atoms with Gasteiger partial charge in [-0.2, -0.15) is 0 Å². The van der Waals surface area contributed by atoms with Crippen LogP contribution in [0.5, 0.6) is 11.5 Å². The van der Waals surface area contributed by atoms with Crippen LogP contribution in [0.3, 0.4) is 0 Å². The van der Waals surface area contributed by atoms with E-state index in [1.54, 1.807) is 28.0 Å². The van der Waals surface area contributed by atoms with E-state index in [-0.39, 0.29) is 24.5 Å². The molecule has 3 aromatic carbocycles. The Bertz CT molecular complexity index is 1390. The van der Waals surface area contributed by atoms with Crippen molar-refractivity contribution in [1.82, 2.24) is 10.2 Å². The number of hydrogen-bond acceptors (Lipinski definition) is 6. The second-order valence-electron chi connectivity index (χ2n) is 10.1. The third-order valence-corrected chi connectivity index (χ3v) is 7.55. The second-order valence-corrected chi connectivity index (χ2v) is 10.1. The molecule has 5 rings (SSSR count). The fourth-order valence-electron chi connectivity index (χ4n) is 5.51. The van der Waals surface area contributed by atoms with Gasteiger partial charge in [0, 0.05) is 37.3 Å². The molecule has 2 aliphatic rings. The number of amides is 3. The van der Waals surface area contributed by atoms with Crippen molar-refractivity contribution in [1.29, 1.82) is 0 Å². The van der Waals surface area contributed by atoms with Gasteiger partial charge in [-0.05, 0) is 49.1 Å². The topological polar surface area (TPSA) is 97.4 Å². The van der Waals surface area contributed by atoms with E-state index in [1.165, 1.54) is 7.11 Å². The molecule has 0 aromatic heterocycles. The Balaban J connectivity index is 1.25. The molecule has 2 heterocycles. The van der Waals surface area contributed by atoms with Crippen LogP contribution in [0.25, 0.3) is 0 Å². The minimum Gasteiger partial charge on any atom is -0.496 e. The molecule has 0 spiro atoms. The molecule has 1 unspecified atom stereocenters. The van der Waals surface area contributed by atoms with Crippen molar-refractivity contribution in [2.75, 3.05) is 31.7 Å². The highest BCUT2D eigenvalue weighted by atomic mass is 16.5. The minimum atomic E-state index is -0.735. The predicted octanol–water partition coefficient (Wildman–Crippen LogP) is 4.58. The molecule has 9 heteroatoms. The predicted molar refractivity (Wildman–Crippen MR) is 154 cm³/mol. The summed E-state index contributed by atoms with van der Waals surface area (Å²) in [6.45, 7) is 3.52. The summed E-state index contributed by atoms with van der Waals surface area (Å²) in [6, 6.07) is 21.6. The maximum Gasteiger partial charge on any atom is 0.408 e. The van der Waals surface area contributed by atoms with E-state index in [1.807, 2.05) is 61.5 Å². The monoisotopic (exact) mass is 557 g/mol. The van der Waals surface area contributed by atoms with Gasteiger partial charge in [0.05, 0.1) is 19.3 Å². The molecule has 1 atom stereocenters. The van der Waals surface area contributed by atoms with Crippen molar-refractivity contribution < 1.29 is 28.6 Å². The van der Waals surface area contributed by atoms with E-state index in [9.17, 15) is 14.4 Å². The van der Waals surface area contributed by atoms with Crippen LogP contribution < -0.4 is 19.7 Å². The van der Waals surface area contributed by atoms with Crippen molar-refractivity contribution >= 4 is 23.6 Å². The highest BCUT2D eigenvalue weighted by molar-refractivity contribution is 6.02. The Morgan fingerprint density at radius 1 is 0.976 bits per heavy atom. The molecule has 3 amide bonds. The van der Waals surface area contributed by atoms with Gasteiger partial charge in [-0.3, -0.25) is 9.59 Å². The maximum atomic E-state index is 13.7. The van der Waals surface area contributed by atoms with Gasteiger partial charge in [-0.1, -0.05) is 48.5 Å². The third kappa shape index (κ3) is 6.29. The van der Waals surface area contributed by atoms with Crippen LogP contribution >= 0.6 is 0 Å². The summed E-state index contributed by atoms with van der Waals surface area (Å²) in [5, 5.41) is 2.78. The number of piperidine rings is 1. The van der Waals surface area contributed by atoms with Crippen molar-refractivity contribution in [3.8, 4) is 11.5 Å². The molecule has 1 fully saturated rings. The number of carbonyl (C=O) groups excluding carboxylic acids is 3. The van der Waals surface area contributed by atoms with Crippen molar-refractivity contribution in [3.05, 3.63) is 89.5 Å². The number of nitrogens with one attached hydrogen (secondary N) is 1. The van der Waals surface area contributed by atoms with Crippen LogP contribution in [0.4, 0.5) is 10.5 Å². The molecule has 0 bridgehead atoms. The average Bonchev–Trinajstić information content (AvgIpc) is 3.01. The number of anilines is 1. The number of hydrogen-bond donors (Lipinski definition) is 1. The molecule has 0 aliphatic carbocycles. The van der Waals surface area contributed by atoms with E-state index in [2.05, 4.69) is 5.32 Å². The molecular formula is C32H35N3O6. The number of carbonyl (C=O) groups is 3. The maximum absolute atomic E-state index is 13.7. The third-order valence-electron chi connectivity index (χ3n) is 7.55. The van der Waals surface area contributed by atoms with Crippen molar-refractivity contribution in [2.24, 2.45) is 0 Å². The van der Waals surface area contributed by atoms with Crippen LogP contribution in [-0.2, 0) is 22.6 Å². The van der Waals surface area contributed by atoms with E-state index < -0.39 is 12.1 Å². The zero-order chi connectivity index (χ0) is 28.8. The first-order valence-corrected chi connectivity index (χ1v) is 14.0. The molecule has 2 aliphatic heterocycles. The van der Waals surface area contributed by atoms with Crippen LogP contribution in [0.15, 0.2) is 72.8 Å². The van der Waals surface area contributed by atoms with Crippen LogP contribution in [0.1, 0.15) is 41.3 Å². The summed E-state index contributed by atoms with van der Waals surface area (Å²) in [5.74, 6) is 0.831. The van der Waals surface area contributed by atoms with Crippen LogP contribution in [-0.4, -0.2) is 61.7 Å². The van der Waals surface area contributed by atoms with Gasteiger partial charge in [0.25, 0.3) is 5.91 Å². The number of likely N-dealkylation sites (tertiary alicyclic amines) is 1. The van der Waals surface area contributed by atoms with Crippen LogP contribution in [0.2, 0.25) is 0 Å². The lowest BCUT2D eigenvalue weighted by molar-refractivity contribution is -0.121. The van der Waals surface area contributed by atoms with Crippen molar-refractivity contribution in [2.45, 2.75) is 44.9 Å². The normalized spacial score (nSPS) is 17.0. The van der Waals surface area contributed by atoms with Gasteiger partial charge < -0.3 is 29.3 Å². The molecule has 41 heavy (non-hydrogen) atoms. The van der Waals surface area contributed by atoms with E-state index in [4.69, 9.17) is 14.2 Å². The first-order chi connectivity index (χ1) is 20.0. The molecule has 3 aromatic rings. The Hall–Kier alpha value is -4.53. The van der Waals surface area contributed by atoms with Gasteiger partial charge in [0.15, 0.2) is 0 Å². The number of para-hydroxylation sites is 1. The molecule has 0 radical (unpaired) electrons. The highest BCUT2D eigenvalue weighted by Crippen LogP contribution is 2.33. The van der Waals surface area contributed by atoms with E-state index in [0.717, 1.165) is 16.8 Å². The van der Waals surface area contributed by atoms with Gasteiger partial charge in [-0.25, -0.2) is 4.79 Å². The first-order valence-electron chi connectivity index (χ1n) is 14.0. The molecule has 1 saturated heterocycles. The molecule has 1 N–H and O–H groups in total. The fourth-order valence-corrected chi connectivity index (χ4v) is 5.51. The zero-order valence-corrected chi connectivity index (χ0v) is 23.4. The summed E-state index contributed by atoms with van der Waals surface area (Å²) in [6.07, 6.45) is 0.976. The summed E-state index contributed by atoms with van der Waals surface area (Å²) in [5.41, 5.74) is 3.19. The largest absolute Gasteiger partial charge is 0.496 e. The van der Waals surface area contributed by atoms with Gasteiger partial charge >= 0.3 is 6.09 Å². The second kappa shape index (κ2) is 12.8. The molecule has 9 nitrogen and oxygen atoms in total. The number of alkyl carbamates (subject to hydrolysis) is 1. The summed E-state index contributed by atoms with van der Waals surface area (Å²) < 4.78 is 16.4. The van der Waals surface area contributed by atoms with Crippen LogP contribution in [0, 0.1) is 0 Å². The van der Waals surface area contributed by atoms with E-state index >= 15 is 0 Å². The minimum absolute atomic E-state index is 0.111. The molecule has 214 valence electrons. The number of ether oxygens (including phenoxy) is 3. The smallest absolute Gasteiger partial charge is 0.408 e. The Morgan fingerprint density at radius 2 is 1.71 bits per heavy atom. The van der Waals surface area contributed by atoms with Crippen molar-refractivity contribution in [3.63, 3.8) is 0 Å². The average molecular weight is 558 g/mol. The fraction of sp³-hybridized carbons (Fsp3) is 0.344. The number of nitrogens with zero attached hydrogens (tertiary/aromatic N) is 2. The Labute approximate surface area is 240 Å². The SMILES string of the molecule is CCOc1ccc(C(=O)N2CCC(N3C(=O)C(NC(=O)OCc4ccccc4)Cc4ccccc43)CC2)c(OC)c1. The molecule has 0 saturated carbocycles. The summed E-state index contributed by atoms with van der Waals surface area (Å²) in [7, 11) is 1.54. The number of fused-ring (bicyclic) bond motifs is 1. The summed E-state index contributed by atoms with van der Waals surface area (Å²) in [4.78, 5) is 43.4. The number of rotatable bonds is 8. The standard InChI is InChI=1S/C32H35N3O6/c1-3-40-25-13-14-26(29(20-25)39-2)30(36)34-17-15-24(16-18-34)35-28-12-8-7-11-23(28)19-27(31(35)37)33-32(38)41-21-22-9-5-4-6-10-22/h4-14,20,24,27H,3,15-19,21H2,1-2H3,(H,33,38). The zero-order valence-electron chi connectivity index (χ0n) is 23.4. The quantitative estimate of drug-likeness (QED) is 0.436. The number of methoxy groups -OCH3 is 1. The lowest BCUT2D eigenvalue weighted by Crippen LogP contribution is -2.58. The number of benzene rings is 3. The lowest BCUT2D eigenvalue weighted by Gasteiger charge is -2.43. The Morgan fingerprint density at radius 3 is 2.44 bits per heavy atom. The highest BCUT2D eigenvalue weighted by Gasteiger charge is 2.39. The lowest BCUT2D eigenvalue weighted by atomic mass is 9.92. The van der Waals surface area contributed by atoms with E-state index in [0.29, 0.717) is 56.0 Å². The first kappa shape index (κ1) is 28.0. The summed E-state index contributed by atoms with van der Waals surface area (Å²) >= 11 is 0. The Kier molecular flexibility index (Phi) is 8.72. The van der Waals surface area contributed by atoms with Gasteiger partial charge in [-0.15, -0.1) is 0 Å². The van der Waals surface area contributed by atoms with Gasteiger partial charge in [0.2, 0.25) is 5.91 Å². The van der Waals surface area contributed by atoms with Gasteiger partial charge in [0.1, 0.15) is 24.1 Å². The molecular weight excluding hydrogens is 522 g/mol.